The molecule has 0 fully saturated rings. The quantitative estimate of drug-likeness (QED) is 0.294. The van der Waals surface area contributed by atoms with Gasteiger partial charge < -0.3 is 18.9 Å². The van der Waals surface area contributed by atoms with Crippen molar-refractivity contribution in [2.75, 3.05) is 40.5 Å². The van der Waals surface area contributed by atoms with Gasteiger partial charge in [-0.05, 0) is 36.2 Å². The van der Waals surface area contributed by atoms with E-state index < -0.39 is 22.5 Å². The highest BCUT2D eigenvalue weighted by atomic mass is 32.2. The lowest BCUT2D eigenvalue weighted by molar-refractivity contribution is -0.121. The van der Waals surface area contributed by atoms with Crippen LogP contribution in [0.3, 0.4) is 0 Å². The van der Waals surface area contributed by atoms with E-state index in [0.29, 0.717) is 48.2 Å². The van der Waals surface area contributed by atoms with Crippen LogP contribution in [-0.2, 0) is 21.2 Å². The molecule has 0 spiro atoms. The second-order valence-electron chi connectivity index (χ2n) is 8.28. The molecule has 3 aromatic rings. The minimum absolute atomic E-state index is 0.00841. The number of fused-ring (bicyclic) bond motifs is 1. The van der Waals surface area contributed by atoms with Crippen molar-refractivity contribution >= 4 is 22.1 Å². The van der Waals surface area contributed by atoms with E-state index in [4.69, 9.17) is 18.9 Å². The van der Waals surface area contributed by atoms with Gasteiger partial charge in [0.1, 0.15) is 24.7 Å². The van der Waals surface area contributed by atoms with E-state index in [1.54, 1.807) is 31.4 Å². The number of carbonyl (C=O) groups is 1. The molecule has 0 unspecified atom stereocenters. The second kappa shape index (κ2) is 12.4. The van der Waals surface area contributed by atoms with Gasteiger partial charge in [-0.2, -0.15) is 9.41 Å². The Morgan fingerprint density at radius 2 is 1.76 bits per heavy atom. The Kier molecular flexibility index (Phi) is 8.82. The lowest BCUT2D eigenvalue weighted by Crippen LogP contribution is -2.40. The van der Waals surface area contributed by atoms with Crippen LogP contribution in [0.2, 0.25) is 0 Å². The smallest absolute Gasteiger partial charge is 0.255 e. The first kappa shape index (κ1) is 27.0. The summed E-state index contributed by atoms with van der Waals surface area (Å²) in [6.07, 6.45) is 1.84. The zero-order valence-corrected chi connectivity index (χ0v) is 21.9. The maximum Gasteiger partial charge on any atom is 0.255 e. The zero-order valence-electron chi connectivity index (χ0n) is 21.1. The third kappa shape index (κ3) is 6.61. The van der Waals surface area contributed by atoms with Crippen LogP contribution in [-0.4, -0.2) is 65.4 Å². The van der Waals surface area contributed by atoms with Crippen molar-refractivity contribution in [1.82, 2.24) is 9.73 Å². The van der Waals surface area contributed by atoms with Crippen molar-refractivity contribution in [3.8, 4) is 23.0 Å². The van der Waals surface area contributed by atoms with Crippen molar-refractivity contribution in [3.05, 3.63) is 77.9 Å². The van der Waals surface area contributed by atoms with Crippen LogP contribution in [0.4, 0.5) is 0 Å². The number of hydrazone groups is 1. The largest absolute Gasteiger partial charge is 0.497 e. The van der Waals surface area contributed by atoms with Crippen LogP contribution in [0.25, 0.3) is 0 Å². The van der Waals surface area contributed by atoms with Gasteiger partial charge in [-0.3, -0.25) is 4.79 Å². The number of hydrogen-bond donors (Lipinski definition) is 1. The molecule has 1 amide bonds. The Bertz CT molecular complexity index is 1400. The van der Waals surface area contributed by atoms with Crippen LogP contribution in [0, 0.1) is 0 Å². The monoisotopic (exact) mass is 539 g/mol. The number of hydrogen-bond acceptors (Lipinski definition) is 8. The average molecular weight is 540 g/mol. The Hall–Kier alpha value is -4.09. The molecule has 3 aromatic carbocycles. The first-order valence-corrected chi connectivity index (χ1v) is 13.3. The fraction of sp³-hybridized carbons (Fsp3) is 0.259. The predicted octanol–water partition coefficient (Wildman–Crippen LogP) is 2.86. The maximum atomic E-state index is 13.6. The molecule has 0 saturated carbocycles. The number of rotatable bonds is 11. The van der Waals surface area contributed by atoms with E-state index in [0.717, 1.165) is 9.87 Å². The lowest BCUT2D eigenvalue weighted by Gasteiger charge is -2.23. The molecule has 38 heavy (non-hydrogen) atoms. The molecule has 1 aliphatic rings. The summed E-state index contributed by atoms with van der Waals surface area (Å²) in [5, 5.41) is 3.99. The molecule has 1 N–H and O–H groups in total. The summed E-state index contributed by atoms with van der Waals surface area (Å²) in [6.45, 7) is 0.379. The van der Waals surface area contributed by atoms with Gasteiger partial charge in [0.2, 0.25) is 10.0 Å². The summed E-state index contributed by atoms with van der Waals surface area (Å²) in [7, 11) is -0.985. The van der Waals surface area contributed by atoms with E-state index in [9.17, 15) is 13.2 Å². The molecule has 4 rings (SSSR count). The van der Waals surface area contributed by atoms with Crippen LogP contribution in [0.15, 0.2) is 76.7 Å². The molecule has 11 heteroatoms. The number of nitrogens with one attached hydrogen (secondary N) is 1. The van der Waals surface area contributed by atoms with Gasteiger partial charge in [0, 0.05) is 24.2 Å². The van der Waals surface area contributed by atoms with E-state index in [2.05, 4.69) is 10.5 Å². The highest BCUT2D eigenvalue weighted by Crippen LogP contribution is 2.33. The van der Waals surface area contributed by atoms with Gasteiger partial charge in [0.15, 0.2) is 11.5 Å². The standard InChI is InChI=1S/C27H29N3O7S/c1-34-22-9-8-21(25(16-22)35-2)18-28-29-27(31)19-30(13-12-20-6-4-3-5-7-20)38(32,33)23-10-11-24-26(17-23)37-15-14-36-24/h3-11,16-18H,12-15,19H2,1-2H3,(H,29,31)/b28-18-. The summed E-state index contributed by atoms with van der Waals surface area (Å²) in [4.78, 5) is 12.8. The van der Waals surface area contributed by atoms with E-state index in [1.807, 2.05) is 30.3 Å². The highest BCUT2D eigenvalue weighted by Gasteiger charge is 2.28. The molecule has 0 radical (unpaired) electrons. The van der Waals surface area contributed by atoms with Gasteiger partial charge in [-0.25, -0.2) is 13.8 Å². The second-order valence-corrected chi connectivity index (χ2v) is 10.2. The predicted molar refractivity (Wildman–Crippen MR) is 142 cm³/mol. The van der Waals surface area contributed by atoms with Gasteiger partial charge in [0.25, 0.3) is 5.91 Å². The van der Waals surface area contributed by atoms with E-state index >= 15 is 0 Å². The molecule has 0 bridgehead atoms. The number of methoxy groups -OCH3 is 2. The van der Waals surface area contributed by atoms with Crippen molar-refractivity contribution < 1.29 is 32.2 Å². The molecule has 200 valence electrons. The zero-order chi connectivity index (χ0) is 27.0. The molecule has 0 aromatic heterocycles. The number of ether oxygens (including phenoxy) is 4. The van der Waals surface area contributed by atoms with Crippen LogP contribution in [0.5, 0.6) is 23.0 Å². The van der Waals surface area contributed by atoms with Crippen LogP contribution >= 0.6 is 0 Å². The first-order chi connectivity index (χ1) is 18.4. The Labute approximate surface area is 221 Å². The normalized spacial score (nSPS) is 12.9. The summed E-state index contributed by atoms with van der Waals surface area (Å²) < 4.78 is 49.9. The first-order valence-electron chi connectivity index (χ1n) is 11.9. The summed E-state index contributed by atoms with van der Waals surface area (Å²) in [5.74, 6) is 1.35. The summed E-state index contributed by atoms with van der Waals surface area (Å²) in [6, 6.07) is 19.0. The third-order valence-electron chi connectivity index (χ3n) is 5.80. The van der Waals surface area contributed by atoms with Crippen LogP contribution < -0.4 is 24.4 Å². The van der Waals surface area contributed by atoms with Crippen LogP contribution in [0.1, 0.15) is 11.1 Å². The molecular formula is C27H29N3O7S. The Balaban J connectivity index is 1.51. The topological polar surface area (TPSA) is 116 Å². The van der Waals surface area contributed by atoms with E-state index in [-0.39, 0.29) is 11.4 Å². The molecule has 10 nitrogen and oxygen atoms in total. The van der Waals surface area contributed by atoms with Crippen molar-refractivity contribution in [2.24, 2.45) is 5.10 Å². The number of sulfonamides is 1. The highest BCUT2D eigenvalue weighted by molar-refractivity contribution is 7.89. The van der Waals surface area contributed by atoms with Gasteiger partial charge in [-0.15, -0.1) is 0 Å². The van der Waals surface area contributed by atoms with Crippen molar-refractivity contribution in [2.45, 2.75) is 11.3 Å². The van der Waals surface area contributed by atoms with E-state index in [1.165, 1.54) is 25.5 Å². The summed E-state index contributed by atoms with van der Waals surface area (Å²) >= 11 is 0. The Morgan fingerprint density at radius 3 is 2.50 bits per heavy atom. The molecule has 0 atom stereocenters. The van der Waals surface area contributed by atoms with Crippen molar-refractivity contribution in [1.29, 1.82) is 0 Å². The minimum atomic E-state index is -4.04. The molecule has 0 saturated heterocycles. The summed E-state index contributed by atoms with van der Waals surface area (Å²) in [5.41, 5.74) is 3.96. The number of carbonyl (C=O) groups excluding carboxylic acids is 1. The fourth-order valence-corrected chi connectivity index (χ4v) is 5.22. The van der Waals surface area contributed by atoms with Crippen molar-refractivity contribution in [3.63, 3.8) is 0 Å². The molecule has 0 aliphatic carbocycles. The molecule has 1 aliphatic heterocycles. The number of amides is 1. The third-order valence-corrected chi connectivity index (χ3v) is 7.64. The fourth-order valence-electron chi connectivity index (χ4n) is 3.81. The average Bonchev–Trinajstić information content (AvgIpc) is 2.95. The Morgan fingerprint density at radius 1 is 1.00 bits per heavy atom. The van der Waals surface area contributed by atoms with Gasteiger partial charge in [-0.1, -0.05) is 30.3 Å². The SMILES string of the molecule is COc1ccc(/C=N\NC(=O)CN(CCc2ccccc2)S(=O)(=O)c2ccc3c(c2)OCCO3)c(OC)c1. The molecule has 1 heterocycles. The number of nitrogens with zero attached hydrogens (tertiary/aromatic N) is 2. The maximum absolute atomic E-state index is 13.6. The van der Waals surface area contributed by atoms with Gasteiger partial charge in [0.05, 0.1) is 31.9 Å². The minimum Gasteiger partial charge on any atom is -0.497 e. The molecular weight excluding hydrogens is 510 g/mol. The van der Waals surface area contributed by atoms with Gasteiger partial charge >= 0.3 is 0 Å². The lowest BCUT2D eigenvalue weighted by atomic mass is 10.1. The number of benzene rings is 3.